The van der Waals surface area contributed by atoms with Crippen LogP contribution in [0.3, 0.4) is 0 Å². The van der Waals surface area contributed by atoms with E-state index in [1.807, 2.05) is 0 Å². The van der Waals surface area contributed by atoms with Gasteiger partial charge in [0.05, 0.1) is 0 Å². The number of rotatable bonds is 3. The highest BCUT2D eigenvalue weighted by atomic mass is 35.5. The van der Waals surface area contributed by atoms with Crippen LogP contribution in [-0.4, -0.2) is 22.8 Å². The average molecular weight is 268 g/mol. The van der Waals surface area contributed by atoms with Gasteiger partial charge in [-0.25, -0.2) is 4.79 Å². The second kappa shape index (κ2) is 4.54. The Kier molecular flexibility index (Phi) is 3.68. The van der Waals surface area contributed by atoms with Gasteiger partial charge in [0.1, 0.15) is 0 Å². The van der Waals surface area contributed by atoms with E-state index in [1.165, 1.54) is 24.3 Å². The molecular weight excluding hydrogens is 259 g/mol. The van der Waals surface area contributed by atoms with Gasteiger partial charge in [0, 0.05) is 11.4 Å². The van der Waals surface area contributed by atoms with Gasteiger partial charge in [-0.15, -0.1) is 0 Å². The molecule has 1 atom stereocenters. The molecule has 0 spiro atoms. The summed E-state index contributed by atoms with van der Waals surface area (Å²) in [7, 11) is 0. The maximum absolute atomic E-state index is 12.6. The van der Waals surface area contributed by atoms with E-state index in [1.54, 1.807) is 0 Å². The van der Waals surface area contributed by atoms with Crippen molar-refractivity contribution in [1.29, 1.82) is 0 Å². The van der Waals surface area contributed by atoms with Crippen molar-refractivity contribution in [2.24, 2.45) is 5.73 Å². The van der Waals surface area contributed by atoms with Gasteiger partial charge in [-0.3, -0.25) is 0 Å². The number of carboxylic acid groups (broad SMARTS) is 1. The molecule has 0 radical (unpaired) electrons. The predicted octanol–water partition coefficient (Wildman–Crippen LogP) is 2.23. The molecule has 1 aromatic carbocycles. The summed E-state index contributed by atoms with van der Waals surface area (Å²) in [6.45, 7) is 0. The fraction of sp³-hybridized carbons (Fsp3) is 0.300. The quantitative estimate of drug-likeness (QED) is 0.883. The van der Waals surface area contributed by atoms with Crippen LogP contribution < -0.4 is 5.73 Å². The van der Waals surface area contributed by atoms with E-state index in [0.717, 1.165) is 0 Å². The molecule has 0 aliphatic heterocycles. The molecule has 3 N–H and O–H groups in total. The molecular formula is C10H9ClF3NO2. The monoisotopic (exact) mass is 267 g/mol. The summed E-state index contributed by atoms with van der Waals surface area (Å²) in [4.78, 5) is 10.7. The lowest BCUT2D eigenvalue weighted by molar-refractivity contribution is -0.201. The number of alkyl halides is 3. The topological polar surface area (TPSA) is 63.3 Å². The largest absolute Gasteiger partial charge is 0.480 e. The second-order valence-corrected chi connectivity index (χ2v) is 4.02. The van der Waals surface area contributed by atoms with Crippen LogP contribution in [0.25, 0.3) is 0 Å². The van der Waals surface area contributed by atoms with E-state index in [2.05, 4.69) is 0 Å². The third-order valence-electron chi connectivity index (χ3n) is 2.26. The SMILES string of the molecule is NC(Cc1cccc(Cl)c1)(C(=O)O)C(F)(F)F. The van der Waals surface area contributed by atoms with Gasteiger partial charge in [-0.1, -0.05) is 23.7 Å². The molecule has 1 rings (SSSR count). The summed E-state index contributed by atoms with van der Waals surface area (Å²) in [6.07, 6.45) is -5.91. The average Bonchev–Trinajstić information content (AvgIpc) is 2.15. The number of benzene rings is 1. The van der Waals surface area contributed by atoms with Crippen LogP contribution in [0.1, 0.15) is 5.56 Å². The Hall–Kier alpha value is -1.27. The molecule has 0 saturated heterocycles. The van der Waals surface area contributed by atoms with Crippen molar-refractivity contribution in [2.75, 3.05) is 0 Å². The zero-order valence-electron chi connectivity index (χ0n) is 8.46. The van der Waals surface area contributed by atoms with Gasteiger partial charge in [0.2, 0.25) is 5.54 Å². The molecule has 17 heavy (non-hydrogen) atoms. The van der Waals surface area contributed by atoms with Crippen molar-refractivity contribution in [3.05, 3.63) is 34.9 Å². The Morgan fingerprint density at radius 3 is 2.41 bits per heavy atom. The van der Waals surface area contributed by atoms with Crippen LogP contribution in [0.2, 0.25) is 5.02 Å². The van der Waals surface area contributed by atoms with Gasteiger partial charge in [-0.05, 0) is 17.7 Å². The summed E-state index contributed by atoms with van der Waals surface area (Å²) < 4.78 is 37.8. The van der Waals surface area contributed by atoms with E-state index in [0.29, 0.717) is 0 Å². The van der Waals surface area contributed by atoms with Gasteiger partial charge in [0.15, 0.2) is 0 Å². The van der Waals surface area contributed by atoms with Crippen LogP contribution in [-0.2, 0) is 11.2 Å². The Bertz CT molecular complexity index is 436. The van der Waals surface area contributed by atoms with E-state index in [4.69, 9.17) is 22.4 Å². The molecule has 3 nitrogen and oxygen atoms in total. The first-order chi connectivity index (χ1) is 7.67. The number of carboxylic acids is 1. The zero-order chi connectivity index (χ0) is 13.3. The summed E-state index contributed by atoms with van der Waals surface area (Å²) in [5.41, 5.74) is 1.74. The van der Waals surface area contributed by atoms with Crippen LogP contribution in [0.5, 0.6) is 0 Å². The van der Waals surface area contributed by atoms with Crippen molar-refractivity contribution in [2.45, 2.75) is 18.1 Å². The standard InChI is InChI=1S/C10H9ClF3NO2/c11-7-3-1-2-6(4-7)5-9(15,8(16)17)10(12,13)14/h1-4H,5,15H2,(H,16,17). The fourth-order valence-corrected chi connectivity index (χ4v) is 1.48. The third-order valence-corrected chi connectivity index (χ3v) is 2.49. The Balaban J connectivity index is 3.08. The maximum atomic E-state index is 12.6. The normalized spacial score (nSPS) is 15.4. The molecule has 0 saturated carbocycles. The molecule has 0 fully saturated rings. The molecule has 0 bridgehead atoms. The second-order valence-electron chi connectivity index (χ2n) is 3.58. The van der Waals surface area contributed by atoms with E-state index in [-0.39, 0.29) is 10.6 Å². The Morgan fingerprint density at radius 1 is 1.41 bits per heavy atom. The van der Waals surface area contributed by atoms with Gasteiger partial charge in [0.25, 0.3) is 0 Å². The lowest BCUT2D eigenvalue weighted by Gasteiger charge is -2.27. The Labute approximate surface area is 100.0 Å². The lowest BCUT2D eigenvalue weighted by Crippen LogP contribution is -2.61. The van der Waals surface area contributed by atoms with Crippen molar-refractivity contribution < 1.29 is 23.1 Å². The van der Waals surface area contributed by atoms with Crippen LogP contribution in [0, 0.1) is 0 Å². The smallest absolute Gasteiger partial charge is 0.417 e. The minimum Gasteiger partial charge on any atom is -0.480 e. The summed E-state index contributed by atoms with van der Waals surface area (Å²) in [6, 6.07) is 5.48. The molecule has 7 heteroatoms. The lowest BCUT2D eigenvalue weighted by atomic mass is 9.91. The molecule has 0 amide bonds. The molecule has 1 aromatic rings. The molecule has 94 valence electrons. The van der Waals surface area contributed by atoms with E-state index >= 15 is 0 Å². The highest BCUT2D eigenvalue weighted by Gasteiger charge is 2.58. The molecule has 1 unspecified atom stereocenters. The Morgan fingerprint density at radius 2 is 2.00 bits per heavy atom. The minimum absolute atomic E-state index is 0.111. The first-order valence-corrected chi connectivity index (χ1v) is 4.88. The first kappa shape index (κ1) is 13.8. The predicted molar refractivity (Wildman–Crippen MR) is 55.8 cm³/mol. The third kappa shape index (κ3) is 2.89. The molecule has 0 aliphatic rings. The van der Waals surface area contributed by atoms with E-state index < -0.39 is 24.1 Å². The van der Waals surface area contributed by atoms with Crippen LogP contribution >= 0.6 is 11.6 Å². The first-order valence-electron chi connectivity index (χ1n) is 4.50. The van der Waals surface area contributed by atoms with Crippen molar-refractivity contribution in [3.8, 4) is 0 Å². The molecule has 0 aromatic heterocycles. The van der Waals surface area contributed by atoms with Crippen molar-refractivity contribution in [3.63, 3.8) is 0 Å². The minimum atomic E-state index is -5.04. The molecule has 0 aliphatic carbocycles. The van der Waals surface area contributed by atoms with Crippen LogP contribution in [0.15, 0.2) is 24.3 Å². The zero-order valence-corrected chi connectivity index (χ0v) is 9.22. The van der Waals surface area contributed by atoms with Crippen molar-refractivity contribution in [1.82, 2.24) is 0 Å². The van der Waals surface area contributed by atoms with Crippen LogP contribution in [0.4, 0.5) is 13.2 Å². The summed E-state index contributed by atoms with van der Waals surface area (Å²) in [5, 5.41) is 8.84. The number of nitrogens with two attached hydrogens (primary N) is 1. The highest BCUT2D eigenvalue weighted by molar-refractivity contribution is 6.30. The highest BCUT2D eigenvalue weighted by Crippen LogP contribution is 2.32. The number of hydrogen-bond donors (Lipinski definition) is 2. The van der Waals surface area contributed by atoms with Gasteiger partial charge < -0.3 is 10.8 Å². The summed E-state index contributed by atoms with van der Waals surface area (Å²) in [5.74, 6) is -2.12. The van der Waals surface area contributed by atoms with Gasteiger partial charge in [-0.2, -0.15) is 13.2 Å². The maximum Gasteiger partial charge on any atom is 0.417 e. The van der Waals surface area contributed by atoms with Gasteiger partial charge >= 0.3 is 12.1 Å². The summed E-state index contributed by atoms with van der Waals surface area (Å²) >= 11 is 5.60. The molecule has 0 heterocycles. The number of hydrogen-bond acceptors (Lipinski definition) is 2. The van der Waals surface area contributed by atoms with E-state index in [9.17, 15) is 18.0 Å². The number of halogens is 4. The van der Waals surface area contributed by atoms with Crippen molar-refractivity contribution >= 4 is 17.6 Å². The fourth-order valence-electron chi connectivity index (χ4n) is 1.27. The number of carbonyl (C=O) groups is 1. The number of aliphatic carboxylic acids is 1.